The van der Waals surface area contributed by atoms with E-state index in [1.807, 2.05) is 25.1 Å². The molecule has 0 aliphatic heterocycles. The Morgan fingerprint density at radius 3 is 2.65 bits per heavy atom. The summed E-state index contributed by atoms with van der Waals surface area (Å²) in [5.74, 6) is 2.43. The quantitative estimate of drug-likeness (QED) is 0.253. The van der Waals surface area contributed by atoms with Crippen LogP contribution in [0.5, 0.6) is 5.75 Å². The molecule has 6 nitrogen and oxygen atoms in total. The maximum Gasteiger partial charge on any atom is 0.191 e. The summed E-state index contributed by atoms with van der Waals surface area (Å²) >= 11 is 0. The highest BCUT2D eigenvalue weighted by Gasteiger charge is 2.06. The van der Waals surface area contributed by atoms with Gasteiger partial charge in [-0.15, -0.1) is 24.0 Å². The Bertz CT molecular complexity index is 660. The summed E-state index contributed by atoms with van der Waals surface area (Å²) in [6.07, 6.45) is 1.66. The van der Waals surface area contributed by atoms with Gasteiger partial charge in [0.25, 0.3) is 0 Å². The fraction of sp³-hybridized carbons (Fsp3) is 0.421. The van der Waals surface area contributed by atoms with Crippen LogP contribution in [0.2, 0.25) is 0 Å². The van der Waals surface area contributed by atoms with Gasteiger partial charge in [-0.3, -0.25) is 4.99 Å². The fourth-order valence-corrected chi connectivity index (χ4v) is 2.28. The van der Waals surface area contributed by atoms with Gasteiger partial charge in [-0.25, -0.2) is 0 Å². The van der Waals surface area contributed by atoms with Gasteiger partial charge >= 0.3 is 0 Å². The molecule has 0 saturated heterocycles. The minimum Gasteiger partial charge on any atom is -0.491 e. The molecule has 26 heavy (non-hydrogen) atoms. The van der Waals surface area contributed by atoms with Gasteiger partial charge in [-0.05, 0) is 37.6 Å². The third-order valence-corrected chi connectivity index (χ3v) is 3.59. The topological polar surface area (TPSA) is 68.0 Å². The molecule has 2 aromatic rings. The first-order valence-corrected chi connectivity index (χ1v) is 8.50. The summed E-state index contributed by atoms with van der Waals surface area (Å²) in [6.45, 7) is 7.04. The number of nitrogens with one attached hydrogen (secondary N) is 2. The zero-order chi connectivity index (χ0) is 17.9. The standard InChI is InChI=1S/C19H27N3O3.HI/c1-4-23-10-11-25-18-12-15(2)7-8-16(18)13-21-19(20-3)22-14-17-6-5-9-24-17;/h5-9,12H,4,10-11,13-14H2,1-3H3,(H2,20,21,22);1H. The van der Waals surface area contributed by atoms with E-state index in [1.165, 1.54) is 0 Å². The van der Waals surface area contributed by atoms with Crippen LogP contribution in [0, 0.1) is 6.92 Å². The van der Waals surface area contributed by atoms with Crippen LogP contribution in [0.3, 0.4) is 0 Å². The number of nitrogens with zero attached hydrogens (tertiary/aromatic N) is 1. The molecule has 0 saturated carbocycles. The Kier molecular flexibility index (Phi) is 10.8. The van der Waals surface area contributed by atoms with Gasteiger partial charge in [-0.1, -0.05) is 12.1 Å². The number of rotatable bonds is 9. The first kappa shape index (κ1) is 22.3. The molecule has 0 aliphatic carbocycles. The highest BCUT2D eigenvalue weighted by Crippen LogP contribution is 2.20. The first-order chi connectivity index (χ1) is 12.2. The lowest BCUT2D eigenvalue weighted by atomic mass is 10.1. The zero-order valence-corrected chi connectivity index (χ0v) is 17.9. The first-order valence-electron chi connectivity index (χ1n) is 8.50. The van der Waals surface area contributed by atoms with Gasteiger partial charge in [0.15, 0.2) is 5.96 Å². The molecule has 2 rings (SSSR count). The molecule has 0 amide bonds. The van der Waals surface area contributed by atoms with Crippen molar-refractivity contribution in [1.29, 1.82) is 0 Å². The summed E-state index contributed by atoms with van der Waals surface area (Å²) in [7, 11) is 1.74. The number of ether oxygens (including phenoxy) is 2. The average molecular weight is 473 g/mol. The number of benzene rings is 1. The van der Waals surface area contributed by atoms with Crippen molar-refractivity contribution in [2.45, 2.75) is 26.9 Å². The Hall–Kier alpha value is -1.74. The Morgan fingerprint density at radius 2 is 1.96 bits per heavy atom. The monoisotopic (exact) mass is 473 g/mol. The lowest BCUT2D eigenvalue weighted by Gasteiger charge is -2.15. The smallest absolute Gasteiger partial charge is 0.191 e. The average Bonchev–Trinajstić information content (AvgIpc) is 3.14. The van der Waals surface area contributed by atoms with E-state index in [1.54, 1.807) is 13.3 Å². The van der Waals surface area contributed by atoms with Crippen LogP contribution in [0.25, 0.3) is 0 Å². The van der Waals surface area contributed by atoms with Gasteiger partial charge in [0.2, 0.25) is 0 Å². The zero-order valence-electron chi connectivity index (χ0n) is 15.6. The number of furan rings is 1. The van der Waals surface area contributed by atoms with Crippen molar-refractivity contribution in [2.75, 3.05) is 26.9 Å². The molecule has 1 heterocycles. The number of hydrogen-bond donors (Lipinski definition) is 2. The second kappa shape index (κ2) is 12.6. The van der Waals surface area contributed by atoms with Crippen LogP contribution in [0.4, 0.5) is 0 Å². The Labute approximate surface area is 172 Å². The van der Waals surface area contributed by atoms with E-state index in [-0.39, 0.29) is 24.0 Å². The number of guanidine groups is 1. The highest BCUT2D eigenvalue weighted by atomic mass is 127. The molecular weight excluding hydrogens is 445 g/mol. The number of aryl methyl sites for hydroxylation is 1. The third kappa shape index (κ3) is 7.65. The molecular formula is C19H28IN3O3. The largest absolute Gasteiger partial charge is 0.491 e. The Balaban J connectivity index is 0.00000338. The lowest BCUT2D eigenvalue weighted by Crippen LogP contribution is -2.36. The number of halogens is 1. The molecule has 0 spiro atoms. The van der Waals surface area contributed by atoms with E-state index in [9.17, 15) is 0 Å². The second-order valence-electron chi connectivity index (χ2n) is 5.52. The van der Waals surface area contributed by atoms with Crippen molar-refractivity contribution < 1.29 is 13.9 Å². The Morgan fingerprint density at radius 1 is 1.15 bits per heavy atom. The molecule has 7 heteroatoms. The van der Waals surface area contributed by atoms with Gasteiger partial charge in [0, 0.05) is 25.8 Å². The van der Waals surface area contributed by atoms with Crippen molar-refractivity contribution in [3.05, 3.63) is 53.5 Å². The molecule has 0 unspecified atom stereocenters. The van der Waals surface area contributed by atoms with Crippen molar-refractivity contribution in [3.8, 4) is 5.75 Å². The maximum atomic E-state index is 5.86. The summed E-state index contributed by atoms with van der Waals surface area (Å²) in [4.78, 5) is 4.23. The van der Waals surface area contributed by atoms with Crippen molar-refractivity contribution >= 4 is 29.9 Å². The van der Waals surface area contributed by atoms with Crippen LogP contribution in [-0.4, -0.2) is 32.8 Å². The van der Waals surface area contributed by atoms with Crippen LogP contribution in [0.1, 0.15) is 23.8 Å². The van der Waals surface area contributed by atoms with Crippen molar-refractivity contribution in [1.82, 2.24) is 10.6 Å². The van der Waals surface area contributed by atoms with E-state index in [0.717, 1.165) is 22.6 Å². The van der Waals surface area contributed by atoms with E-state index in [0.29, 0.717) is 38.9 Å². The van der Waals surface area contributed by atoms with Crippen LogP contribution >= 0.6 is 24.0 Å². The van der Waals surface area contributed by atoms with Gasteiger partial charge < -0.3 is 24.5 Å². The number of hydrogen-bond acceptors (Lipinski definition) is 4. The normalized spacial score (nSPS) is 11.0. The number of aliphatic imine (C=N–C) groups is 1. The molecule has 0 fully saturated rings. The molecule has 0 bridgehead atoms. The predicted molar refractivity (Wildman–Crippen MR) is 114 cm³/mol. The van der Waals surface area contributed by atoms with Crippen LogP contribution in [-0.2, 0) is 17.8 Å². The molecule has 144 valence electrons. The summed E-state index contributed by atoms with van der Waals surface area (Å²) in [5.41, 5.74) is 2.23. The molecule has 0 radical (unpaired) electrons. The summed E-state index contributed by atoms with van der Waals surface area (Å²) in [6, 6.07) is 9.97. The van der Waals surface area contributed by atoms with E-state index in [2.05, 4.69) is 34.7 Å². The molecule has 0 atom stereocenters. The third-order valence-electron chi connectivity index (χ3n) is 3.59. The predicted octanol–water partition coefficient (Wildman–Crippen LogP) is 3.49. The molecule has 1 aromatic carbocycles. The van der Waals surface area contributed by atoms with Gasteiger partial charge in [-0.2, -0.15) is 0 Å². The van der Waals surface area contributed by atoms with Gasteiger partial charge in [0.1, 0.15) is 18.1 Å². The SMILES string of the molecule is CCOCCOc1cc(C)ccc1CNC(=NC)NCc1ccco1.I. The maximum absolute atomic E-state index is 5.86. The summed E-state index contributed by atoms with van der Waals surface area (Å²) in [5, 5.41) is 6.51. The minimum atomic E-state index is 0. The van der Waals surface area contributed by atoms with E-state index < -0.39 is 0 Å². The molecule has 1 aromatic heterocycles. The van der Waals surface area contributed by atoms with Crippen LogP contribution < -0.4 is 15.4 Å². The second-order valence-corrected chi connectivity index (χ2v) is 5.52. The van der Waals surface area contributed by atoms with Crippen molar-refractivity contribution in [2.24, 2.45) is 4.99 Å². The molecule has 2 N–H and O–H groups in total. The lowest BCUT2D eigenvalue weighted by molar-refractivity contribution is 0.110. The van der Waals surface area contributed by atoms with Crippen LogP contribution in [0.15, 0.2) is 46.0 Å². The van der Waals surface area contributed by atoms with E-state index in [4.69, 9.17) is 13.9 Å². The fourth-order valence-electron chi connectivity index (χ4n) is 2.28. The molecule has 0 aliphatic rings. The minimum absolute atomic E-state index is 0. The van der Waals surface area contributed by atoms with Crippen molar-refractivity contribution in [3.63, 3.8) is 0 Å². The highest BCUT2D eigenvalue weighted by molar-refractivity contribution is 14.0. The van der Waals surface area contributed by atoms with E-state index >= 15 is 0 Å². The van der Waals surface area contributed by atoms with Gasteiger partial charge in [0.05, 0.1) is 19.4 Å². The summed E-state index contributed by atoms with van der Waals surface area (Å²) < 4.78 is 16.5.